The molecule has 0 amide bonds. The van der Waals surface area contributed by atoms with Gasteiger partial charge in [-0.15, -0.1) is 0 Å². The van der Waals surface area contributed by atoms with Crippen molar-refractivity contribution in [2.45, 2.75) is 27.2 Å². The Hall–Kier alpha value is -1.36. The van der Waals surface area contributed by atoms with E-state index in [2.05, 4.69) is 45.9 Å². The van der Waals surface area contributed by atoms with Crippen molar-refractivity contribution in [3.05, 3.63) is 12.4 Å². The summed E-state index contributed by atoms with van der Waals surface area (Å²) in [7, 11) is 1.87. The summed E-state index contributed by atoms with van der Waals surface area (Å²) < 4.78 is 0. The summed E-state index contributed by atoms with van der Waals surface area (Å²) in [5.41, 5.74) is 0. The summed E-state index contributed by atoms with van der Waals surface area (Å²) in [5.74, 6) is 1.77. The van der Waals surface area contributed by atoms with E-state index < -0.39 is 0 Å². The van der Waals surface area contributed by atoms with Gasteiger partial charge in [-0.1, -0.05) is 13.8 Å². The molecular weight excluding hydrogens is 238 g/mol. The molecule has 1 aromatic rings. The van der Waals surface area contributed by atoms with Crippen molar-refractivity contribution >= 4 is 11.6 Å². The van der Waals surface area contributed by atoms with Gasteiger partial charge in [0.05, 0.1) is 12.4 Å². The highest BCUT2D eigenvalue weighted by molar-refractivity contribution is 5.43. The van der Waals surface area contributed by atoms with Crippen LogP contribution in [0.5, 0.6) is 0 Å². The highest BCUT2D eigenvalue weighted by Crippen LogP contribution is 2.12. The molecule has 0 saturated carbocycles. The molecule has 0 aliphatic rings. The summed E-state index contributed by atoms with van der Waals surface area (Å²) in [4.78, 5) is 13.5. The molecule has 5 nitrogen and oxygen atoms in total. The molecule has 0 aliphatic carbocycles. The fourth-order valence-corrected chi connectivity index (χ4v) is 2.09. The van der Waals surface area contributed by atoms with Crippen LogP contribution in [-0.4, -0.2) is 54.6 Å². The Balaban J connectivity index is 2.52. The van der Waals surface area contributed by atoms with Gasteiger partial charge in [-0.2, -0.15) is 0 Å². The average molecular weight is 265 g/mol. The number of hydrogen-bond acceptors (Lipinski definition) is 5. The van der Waals surface area contributed by atoms with Crippen LogP contribution in [0.15, 0.2) is 12.4 Å². The highest BCUT2D eigenvalue weighted by Gasteiger charge is 2.07. The van der Waals surface area contributed by atoms with Crippen LogP contribution in [0.3, 0.4) is 0 Å². The predicted octanol–water partition coefficient (Wildman–Crippen LogP) is 2.08. The first-order valence-corrected chi connectivity index (χ1v) is 7.22. The molecule has 1 rings (SSSR count). The molecule has 0 unspecified atom stereocenters. The van der Waals surface area contributed by atoms with E-state index >= 15 is 0 Å². The van der Waals surface area contributed by atoms with E-state index in [-0.39, 0.29) is 0 Å². The molecule has 0 radical (unpaired) electrons. The minimum Gasteiger partial charge on any atom is -0.372 e. The summed E-state index contributed by atoms with van der Waals surface area (Å²) in [6, 6.07) is 0. The van der Waals surface area contributed by atoms with E-state index in [9.17, 15) is 0 Å². The van der Waals surface area contributed by atoms with Gasteiger partial charge >= 0.3 is 0 Å². The Morgan fingerprint density at radius 1 is 1.05 bits per heavy atom. The lowest BCUT2D eigenvalue weighted by Crippen LogP contribution is -2.30. The van der Waals surface area contributed by atoms with Crippen LogP contribution < -0.4 is 10.2 Å². The van der Waals surface area contributed by atoms with Crippen LogP contribution in [0, 0.1) is 0 Å². The molecule has 0 bridgehead atoms. The molecule has 0 saturated heterocycles. The van der Waals surface area contributed by atoms with E-state index in [0.717, 1.165) is 50.8 Å². The molecule has 0 fully saturated rings. The van der Waals surface area contributed by atoms with E-state index in [4.69, 9.17) is 0 Å². The third-order valence-corrected chi connectivity index (χ3v) is 3.38. The lowest BCUT2D eigenvalue weighted by atomic mass is 10.3. The number of hydrogen-bond donors (Lipinski definition) is 1. The van der Waals surface area contributed by atoms with Gasteiger partial charge in [-0.25, -0.2) is 4.98 Å². The summed E-state index contributed by atoms with van der Waals surface area (Å²) in [5, 5.41) is 3.03. The molecule has 19 heavy (non-hydrogen) atoms. The van der Waals surface area contributed by atoms with Gasteiger partial charge in [0, 0.05) is 20.1 Å². The van der Waals surface area contributed by atoms with Crippen molar-refractivity contribution in [2.24, 2.45) is 0 Å². The fraction of sp³-hybridized carbons (Fsp3) is 0.714. The van der Waals surface area contributed by atoms with Crippen molar-refractivity contribution < 1.29 is 0 Å². The smallest absolute Gasteiger partial charge is 0.149 e. The van der Waals surface area contributed by atoms with Crippen LogP contribution in [0.4, 0.5) is 11.6 Å². The summed E-state index contributed by atoms with van der Waals surface area (Å²) in [6.07, 6.45) is 4.73. The van der Waals surface area contributed by atoms with Gasteiger partial charge in [0.2, 0.25) is 0 Å². The van der Waals surface area contributed by atoms with Crippen molar-refractivity contribution in [3.63, 3.8) is 0 Å². The molecule has 1 aromatic heterocycles. The second-order valence-corrected chi connectivity index (χ2v) is 4.47. The molecular formula is C14H27N5. The zero-order chi connectivity index (χ0) is 14.1. The molecule has 0 spiro atoms. The molecule has 1 heterocycles. The van der Waals surface area contributed by atoms with E-state index in [1.54, 1.807) is 6.20 Å². The first-order valence-electron chi connectivity index (χ1n) is 7.22. The van der Waals surface area contributed by atoms with E-state index in [1.165, 1.54) is 0 Å². The van der Waals surface area contributed by atoms with Crippen molar-refractivity contribution in [1.82, 2.24) is 14.9 Å². The van der Waals surface area contributed by atoms with Crippen molar-refractivity contribution in [1.29, 1.82) is 0 Å². The number of nitrogens with zero attached hydrogens (tertiary/aromatic N) is 4. The normalized spacial score (nSPS) is 10.8. The molecule has 0 aliphatic heterocycles. The zero-order valence-corrected chi connectivity index (χ0v) is 12.7. The van der Waals surface area contributed by atoms with Crippen LogP contribution >= 0.6 is 0 Å². The Kier molecular flexibility index (Phi) is 7.18. The Bertz CT molecular complexity index is 351. The standard InChI is InChI=1S/C14H27N5/c1-5-18(6-2)9-8-10-19(7-3)14-12-16-11-13(15-4)17-14/h11-12H,5-10H2,1-4H3,(H,15,17). The van der Waals surface area contributed by atoms with E-state index in [1.807, 2.05) is 13.2 Å². The third kappa shape index (κ3) is 5.03. The maximum atomic E-state index is 4.54. The Labute approximate surface area is 117 Å². The molecule has 5 heteroatoms. The monoisotopic (exact) mass is 265 g/mol. The molecule has 108 valence electrons. The first-order chi connectivity index (χ1) is 9.24. The first kappa shape index (κ1) is 15.7. The largest absolute Gasteiger partial charge is 0.372 e. The topological polar surface area (TPSA) is 44.3 Å². The van der Waals surface area contributed by atoms with Crippen LogP contribution in [-0.2, 0) is 0 Å². The maximum Gasteiger partial charge on any atom is 0.149 e. The molecule has 1 N–H and O–H groups in total. The maximum absolute atomic E-state index is 4.54. The fourth-order valence-electron chi connectivity index (χ4n) is 2.09. The number of aromatic nitrogens is 2. The van der Waals surface area contributed by atoms with Crippen LogP contribution in [0.25, 0.3) is 0 Å². The highest BCUT2D eigenvalue weighted by atomic mass is 15.2. The minimum atomic E-state index is 0.819. The second-order valence-electron chi connectivity index (χ2n) is 4.47. The molecule has 0 aromatic carbocycles. The predicted molar refractivity (Wildman–Crippen MR) is 81.9 cm³/mol. The summed E-state index contributed by atoms with van der Waals surface area (Å²) >= 11 is 0. The third-order valence-electron chi connectivity index (χ3n) is 3.38. The SMILES string of the molecule is CCN(CC)CCCN(CC)c1cncc(NC)n1. The Morgan fingerprint density at radius 2 is 1.79 bits per heavy atom. The zero-order valence-electron chi connectivity index (χ0n) is 12.7. The second kappa shape index (κ2) is 8.69. The van der Waals surface area contributed by atoms with Gasteiger partial charge in [-0.05, 0) is 33.0 Å². The minimum absolute atomic E-state index is 0.819. The van der Waals surface area contributed by atoms with Crippen molar-refractivity contribution in [2.75, 3.05) is 50.0 Å². The van der Waals surface area contributed by atoms with Gasteiger partial charge < -0.3 is 15.1 Å². The number of anilines is 2. The lowest BCUT2D eigenvalue weighted by molar-refractivity contribution is 0.300. The van der Waals surface area contributed by atoms with Gasteiger partial charge in [-0.3, -0.25) is 4.98 Å². The van der Waals surface area contributed by atoms with Gasteiger partial charge in [0.15, 0.2) is 0 Å². The quantitative estimate of drug-likeness (QED) is 0.740. The van der Waals surface area contributed by atoms with Crippen LogP contribution in [0.2, 0.25) is 0 Å². The Morgan fingerprint density at radius 3 is 2.37 bits per heavy atom. The van der Waals surface area contributed by atoms with Crippen LogP contribution in [0.1, 0.15) is 27.2 Å². The number of nitrogens with one attached hydrogen (secondary N) is 1. The summed E-state index contributed by atoms with van der Waals surface area (Å²) in [6.45, 7) is 11.9. The van der Waals surface area contributed by atoms with Crippen molar-refractivity contribution in [3.8, 4) is 0 Å². The molecule has 0 atom stereocenters. The number of rotatable bonds is 9. The average Bonchev–Trinajstić information content (AvgIpc) is 2.47. The lowest BCUT2D eigenvalue weighted by Gasteiger charge is -2.24. The van der Waals surface area contributed by atoms with Gasteiger partial charge in [0.1, 0.15) is 11.6 Å². The van der Waals surface area contributed by atoms with E-state index in [0.29, 0.717) is 0 Å². The van der Waals surface area contributed by atoms with Gasteiger partial charge in [0.25, 0.3) is 0 Å².